The number of alkyl halides is 3. The number of anilines is 5. The van der Waals surface area contributed by atoms with Crippen LogP contribution >= 0.6 is 0 Å². The molecule has 4 heterocycles. The third kappa shape index (κ3) is 5.99. The van der Waals surface area contributed by atoms with Gasteiger partial charge in [0.1, 0.15) is 0 Å². The van der Waals surface area contributed by atoms with E-state index in [-0.39, 0.29) is 12.1 Å². The number of rotatable bonds is 7. The van der Waals surface area contributed by atoms with E-state index in [1.165, 1.54) is 23.9 Å². The van der Waals surface area contributed by atoms with Crippen LogP contribution in [0.2, 0.25) is 0 Å². The van der Waals surface area contributed by atoms with Gasteiger partial charge in [-0.1, -0.05) is 35.9 Å². The lowest BCUT2D eigenvalue weighted by molar-refractivity contribution is -0.138. The first kappa shape index (κ1) is 28.1. The zero-order valence-electron chi connectivity index (χ0n) is 22.8. The molecule has 4 aromatic heterocycles. The van der Waals surface area contributed by atoms with Crippen LogP contribution in [0.15, 0.2) is 73.3 Å². The lowest BCUT2D eigenvalue weighted by atomic mass is 10.1. The Balaban J connectivity index is 0.000000171. The summed E-state index contributed by atoms with van der Waals surface area (Å²) in [6, 6.07) is 13.5. The molecular weight excluding hydrogens is 549 g/mol. The monoisotopic (exact) mass is 576 g/mol. The standard InChI is InChI=1S/C14H13F3N6.C13H14N6/c1-18-13-22-21-12-11(19-6-7-23(12)13)20-8-9-4-2-3-5-10(9)14(15,16)17;1-9-3-5-10(6-4-9)16-11-12-17-18-13(14-2)19(12)8-7-15-11/h2-7H,8H2,1H3,(H,18,22)(H,19,20);3-8H,1-2H3,(H,14,18)(H,15,16). The number of benzene rings is 2. The van der Waals surface area contributed by atoms with Gasteiger partial charge in [-0.3, -0.25) is 8.80 Å². The average molecular weight is 577 g/mol. The van der Waals surface area contributed by atoms with Crippen molar-refractivity contribution in [1.29, 1.82) is 0 Å². The van der Waals surface area contributed by atoms with Crippen LogP contribution in [0.5, 0.6) is 0 Å². The van der Waals surface area contributed by atoms with E-state index in [1.807, 2.05) is 41.9 Å². The number of nitrogens with zero attached hydrogens (tertiary/aromatic N) is 8. The molecule has 0 fully saturated rings. The zero-order valence-corrected chi connectivity index (χ0v) is 22.8. The molecule has 0 unspecified atom stereocenters. The fourth-order valence-electron chi connectivity index (χ4n) is 4.11. The van der Waals surface area contributed by atoms with E-state index in [1.54, 1.807) is 29.9 Å². The summed E-state index contributed by atoms with van der Waals surface area (Å²) in [5, 5.41) is 28.1. The summed E-state index contributed by atoms with van der Waals surface area (Å²) in [6.45, 7) is 2.03. The predicted molar refractivity (Wildman–Crippen MR) is 154 cm³/mol. The van der Waals surface area contributed by atoms with Gasteiger partial charge in [0.2, 0.25) is 23.2 Å². The molecule has 0 saturated carbocycles. The average Bonchev–Trinajstić information content (AvgIpc) is 3.62. The summed E-state index contributed by atoms with van der Waals surface area (Å²) in [7, 11) is 3.51. The van der Waals surface area contributed by atoms with Crippen LogP contribution in [-0.2, 0) is 12.7 Å². The fourth-order valence-corrected chi connectivity index (χ4v) is 4.11. The maximum Gasteiger partial charge on any atom is 0.416 e. The van der Waals surface area contributed by atoms with Gasteiger partial charge >= 0.3 is 6.18 Å². The number of hydrogen-bond acceptors (Lipinski definition) is 10. The number of fused-ring (bicyclic) bond motifs is 2. The molecule has 6 aromatic rings. The first-order chi connectivity index (χ1) is 20.3. The molecule has 0 atom stereocenters. The quantitative estimate of drug-likeness (QED) is 0.205. The first-order valence-electron chi connectivity index (χ1n) is 12.8. The van der Waals surface area contributed by atoms with Crippen molar-refractivity contribution in [2.45, 2.75) is 19.6 Å². The van der Waals surface area contributed by atoms with Crippen molar-refractivity contribution in [2.75, 3.05) is 35.4 Å². The summed E-state index contributed by atoms with van der Waals surface area (Å²) in [6.07, 6.45) is 2.33. The molecule has 216 valence electrons. The largest absolute Gasteiger partial charge is 0.416 e. The Morgan fingerprint density at radius 2 is 1.31 bits per heavy atom. The molecule has 0 amide bonds. The maximum atomic E-state index is 13.0. The Labute approximate surface area is 238 Å². The molecule has 0 radical (unpaired) electrons. The van der Waals surface area contributed by atoms with Crippen LogP contribution in [0.1, 0.15) is 16.7 Å². The van der Waals surface area contributed by atoms with Gasteiger partial charge in [-0.2, -0.15) is 13.2 Å². The van der Waals surface area contributed by atoms with Crippen molar-refractivity contribution < 1.29 is 13.2 Å². The lowest BCUT2D eigenvalue weighted by Crippen LogP contribution is -2.12. The summed E-state index contributed by atoms with van der Waals surface area (Å²) in [4.78, 5) is 8.43. The number of hydrogen-bond donors (Lipinski definition) is 4. The van der Waals surface area contributed by atoms with Crippen LogP contribution in [0, 0.1) is 6.92 Å². The van der Waals surface area contributed by atoms with E-state index in [0.29, 0.717) is 34.8 Å². The van der Waals surface area contributed by atoms with Gasteiger partial charge in [0.05, 0.1) is 5.56 Å². The molecule has 2 aromatic carbocycles. The van der Waals surface area contributed by atoms with Crippen LogP contribution in [-0.4, -0.2) is 53.3 Å². The Hall–Kier alpha value is -5.47. The minimum Gasteiger partial charge on any atom is -0.363 e. The number of nitrogens with one attached hydrogen (secondary N) is 4. The van der Waals surface area contributed by atoms with E-state index in [9.17, 15) is 13.2 Å². The Kier molecular flexibility index (Phi) is 7.99. The smallest absolute Gasteiger partial charge is 0.363 e. The van der Waals surface area contributed by atoms with E-state index in [0.717, 1.165) is 11.8 Å². The second kappa shape index (κ2) is 12.0. The van der Waals surface area contributed by atoms with Crippen molar-refractivity contribution in [1.82, 2.24) is 39.2 Å². The molecule has 6 rings (SSSR count). The Morgan fingerprint density at radius 1 is 0.738 bits per heavy atom. The summed E-state index contributed by atoms with van der Waals surface area (Å²) < 4.78 is 42.5. The molecular formula is C27H27F3N12. The second-order valence-corrected chi connectivity index (χ2v) is 8.99. The van der Waals surface area contributed by atoms with Gasteiger partial charge in [-0.25, -0.2) is 9.97 Å². The molecule has 15 heteroatoms. The highest BCUT2D eigenvalue weighted by molar-refractivity contribution is 5.70. The Bertz CT molecular complexity index is 1790. The molecule has 0 bridgehead atoms. The summed E-state index contributed by atoms with van der Waals surface area (Å²) >= 11 is 0. The topological polar surface area (TPSA) is 134 Å². The van der Waals surface area contributed by atoms with Crippen molar-refractivity contribution in [3.63, 3.8) is 0 Å². The van der Waals surface area contributed by atoms with Crippen LogP contribution in [0.25, 0.3) is 11.3 Å². The minimum absolute atomic E-state index is 0.0237. The normalized spacial score (nSPS) is 11.2. The SMILES string of the molecule is CNc1nnc2c(NCc3ccccc3C(F)(F)F)nccn12.CNc1nnc2c(Nc3ccc(C)cc3)nccn12. The van der Waals surface area contributed by atoms with Crippen molar-refractivity contribution in [2.24, 2.45) is 0 Å². The van der Waals surface area contributed by atoms with E-state index < -0.39 is 11.7 Å². The minimum atomic E-state index is -4.40. The lowest BCUT2D eigenvalue weighted by Gasteiger charge is -2.13. The van der Waals surface area contributed by atoms with Gasteiger partial charge < -0.3 is 21.3 Å². The third-order valence-corrected chi connectivity index (χ3v) is 6.18. The van der Waals surface area contributed by atoms with Crippen LogP contribution in [0.4, 0.5) is 42.4 Å². The maximum absolute atomic E-state index is 13.0. The number of halogens is 3. The predicted octanol–water partition coefficient (Wildman–Crippen LogP) is 5.01. The van der Waals surface area contributed by atoms with Gasteiger partial charge in [-0.05, 0) is 30.7 Å². The summed E-state index contributed by atoms with van der Waals surface area (Å²) in [5.74, 6) is 2.24. The number of aryl methyl sites for hydroxylation is 1. The molecule has 0 aliphatic heterocycles. The van der Waals surface area contributed by atoms with E-state index >= 15 is 0 Å². The third-order valence-electron chi connectivity index (χ3n) is 6.18. The van der Waals surface area contributed by atoms with Crippen molar-refractivity contribution in [3.8, 4) is 0 Å². The van der Waals surface area contributed by atoms with Gasteiger partial charge in [0.25, 0.3) is 0 Å². The highest BCUT2D eigenvalue weighted by Crippen LogP contribution is 2.32. The van der Waals surface area contributed by atoms with Gasteiger partial charge in [-0.15, -0.1) is 20.4 Å². The molecule has 0 aliphatic rings. The molecule has 0 aliphatic carbocycles. The molecule has 12 nitrogen and oxygen atoms in total. The molecule has 0 spiro atoms. The van der Waals surface area contributed by atoms with Gasteiger partial charge in [0, 0.05) is 51.1 Å². The van der Waals surface area contributed by atoms with Crippen molar-refractivity contribution in [3.05, 3.63) is 90.0 Å². The van der Waals surface area contributed by atoms with Crippen molar-refractivity contribution >= 4 is 40.5 Å². The Morgan fingerprint density at radius 3 is 1.90 bits per heavy atom. The fraction of sp³-hybridized carbons (Fsp3) is 0.185. The van der Waals surface area contributed by atoms with Crippen LogP contribution < -0.4 is 21.3 Å². The molecule has 42 heavy (non-hydrogen) atoms. The highest BCUT2D eigenvalue weighted by atomic mass is 19.4. The highest BCUT2D eigenvalue weighted by Gasteiger charge is 2.32. The molecule has 4 N–H and O–H groups in total. The zero-order chi connectivity index (χ0) is 29.7. The van der Waals surface area contributed by atoms with Crippen LogP contribution in [0.3, 0.4) is 0 Å². The van der Waals surface area contributed by atoms with Gasteiger partial charge in [0.15, 0.2) is 11.6 Å². The summed E-state index contributed by atoms with van der Waals surface area (Å²) in [5.41, 5.74) is 2.78. The van der Waals surface area contributed by atoms with E-state index in [4.69, 9.17) is 0 Å². The first-order valence-corrected chi connectivity index (χ1v) is 12.8. The second-order valence-electron chi connectivity index (χ2n) is 8.99. The molecule has 0 saturated heterocycles. The number of aromatic nitrogens is 8. The van der Waals surface area contributed by atoms with E-state index in [2.05, 4.69) is 58.6 Å².